The standard InChI is InChI=1S/C15H16ClN5O/c1-19-6-3-10(4-7-19)20-9-11-12(8-14(20)22)21-13(2-5-17-21)18-15(11)16/h2,5,8-10H,3-4,6-7H2,1H3. The molecule has 1 saturated heterocycles. The molecule has 1 aliphatic heterocycles. The van der Waals surface area contributed by atoms with Crippen LogP contribution in [0, 0.1) is 0 Å². The van der Waals surface area contributed by atoms with Gasteiger partial charge >= 0.3 is 0 Å². The monoisotopic (exact) mass is 317 g/mol. The van der Waals surface area contributed by atoms with Gasteiger partial charge in [0.25, 0.3) is 5.56 Å². The Morgan fingerprint density at radius 1 is 1.32 bits per heavy atom. The minimum Gasteiger partial charge on any atom is -0.312 e. The van der Waals surface area contributed by atoms with Crippen LogP contribution in [0.1, 0.15) is 18.9 Å². The first-order chi connectivity index (χ1) is 10.6. The van der Waals surface area contributed by atoms with Crippen molar-refractivity contribution in [3.63, 3.8) is 0 Å². The number of piperidine rings is 1. The molecule has 4 rings (SSSR count). The van der Waals surface area contributed by atoms with Gasteiger partial charge < -0.3 is 9.47 Å². The summed E-state index contributed by atoms with van der Waals surface area (Å²) in [5, 5.41) is 5.39. The van der Waals surface area contributed by atoms with Crippen molar-refractivity contribution in [2.45, 2.75) is 18.9 Å². The molecule has 3 aromatic rings. The van der Waals surface area contributed by atoms with E-state index in [9.17, 15) is 4.79 Å². The van der Waals surface area contributed by atoms with Crippen LogP contribution in [0.2, 0.25) is 5.15 Å². The van der Waals surface area contributed by atoms with Crippen molar-refractivity contribution in [3.8, 4) is 0 Å². The zero-order valence-electron chi connectivity index (χ0n) is 12.2. The number of hydrogen-bond donors (Lipinski definition) is 0. The van der Waals surface area contributed by atoms with Crippen molar-refractivity contribution < 1.29 is 0 Å². The maximum absolute atomic E-state index is 12.5. The number of rotatable bonds is 1. The fraction of sp³-hybridized carbons (Fsp3) is 0.400. The summed E-state index contributed by atoms with van der Waals surface area (Å²) >= 11 is 6.30. The van der Waals surface area contributed by atoms with Gasteiger partial charge in [0.05, 0.1) is 17.1 Å². The lowest BCUT2D eigenvalue weighted by molar-refractivity contribution is 0.219. The van der Waals surface area contributed by atoms with Crippen LogP contribution in [-0.4, -0.2) is 44.2 Å². The predicted molar refractivity (Wildman–Crippen MR) is 85.5 cm³/mol. The van der Waals surface area contributed by atoms with Crippen molar-refractivity contribution in [2.24, 2.45) is 0 Å². The topological polar surface area (TPSA) is 55.4 Å². The van der Waals surface area contributed by atoms with Crippen molar-refractivity contribution >= 4 is 28.2 Å². The van der Waals surface area contributed by atoms with E-state index in [0.29, 0.717) is 16.3 Å². The number of nitrogens with zero attached hydrogens (tertiary/aromatic N) is 5. The normalized spacial score (nSPS) is 17.5. The van der Waals surface area contributed by atoms with E-state index in [4.69, 9.17) is 11.6 Å². The van der Waals surface area contributed by atoms with Gasteiger partial charge in [0.1, 0.15) is 5.15 Å². The predicted octanol–water partition coefficient (Wildman–Crippen LogP) is 1.96. The average Bonchev–Trinajstić information content (AvgIpc) is 2.96. The number of fused-ring (bicyclic) bond motifs is 3. The second-order valence-corrected chi connectivity index (χ2v) is 6.21. The van der Waals surface area contributed by atoms with Gasteiger partial charge in [0, 0.05) is 24.4 Å². The van der Waals surface area contributed by atoms with Gasteiger partial charge in [-0.3, -0.25) is 4.79 Å². The van der Waals surface area contributed by atoms with E-state index in [1.165, 1.54) is 0 Å². The molecule has 1 fully saturated rings. The van der Waals surface area contributed by atoms with Crippen molar-refractivity contribution in [1.82, 2.24) is 24.1 Å². The molecule has 0 spiro atoms. The van der Waals surface area contributed by atoms with Gasteiger partial charge in [-0.1, -0.05) is 11.6 Å². The highest BCUT2D eigenvalue weighted by molar-refractivity contribution is 6.34. The van der Waals surface area contributed by atoms with Gasteiger partial charge in [0.2, 0.25) is 0 Å². The molecular weight excluding hydrogens is 302 g/mol. The summed E-state index contributed by atoms with van der Waals surface area (Å²) in [5.74, 6) is 0. The van der Waals surface area contributed by atoms with E-state index in [-0.39, 0.29) is 11.6 Å². The smallest absolute Gasteiger partial charge is 0.252 e. The third kappa shape index (κ3) is 2.10. The van der Waals surface area contributed by atoms with Gasteiger partial charge in [-0.25, -0.2) is 9.50 Å². The van der Waals surface area contributed by atoms with E-state index < -0.39 is 0 Å². The van der Waals surface area contributed by atoms with E-state index in [2.05, 4.69) is 22.0 Å². The molecule has 4 heterocycles. The summed E-state index contributed by atoms with van der Waals surface area (Å²) in [6.07, 6.45) is 5.43. The number of aromatic nitrogens is 4. The molecule has 0 radical (unpaired) electrons. The zero-order valence-corrected chi connectivity index (χ0v) is 13.0. The van der Waals surface area contributed by atoms with Crippen LogP contribution in [-0.2, 0) is 0 Å². The second-order valence-electron chi connectivity index (χ2n) is 5.86. The quantitative estimate of drug-likeness (QED) is 0.644. The summed E-state index contributed by atoms with van der Waals surface area (Å²) < 4.78 is 3.46. The Bertz CT molecular complexity index is 907. The Balaban J connectivity index is 1.91. The molecule has 0 N–H and O–H groups in total. The molecule has 0 unspecified atom stereocenters. The summed E-state index contributed by atoms with van der Waals surface area (Å²) in [4.78, 5) is 19.2. The van der Waals surface area contributed by atoms with E-state index in [1.807, 2.05) is 6.20 Å². The zero-order chi connectivity index (χ0) is 15.3. The first-order valence-electron chi connectivity index (χ1n) is 7.37. The maximum atomic E-state index is 12.5. The molecule has 0 saturated carbocycles. The van der Waals surface area contributed by atoms with Crippen molar-refractivity contribution in [2.75, 3.05) is 20.1 Å². The average molecular weight is 318 g/mol. The third-order valence-electron chi connectivity index (χ3n) is 4.43. The van der Waals surface area contributed by atoms with E-state index in [0.717, 1.165) is 31.3 Å². The molecule has 0 bridgehead atoms. The largest absolute Gasteiger partial charge is 0.312 e. The Kier molecular flexibility index (Phi) is 3.16. The molecule has 3 aromatic heterocycles. The van der Waals surface area contributed by atoms with Crippen LogP contribution in [0.5, 0.6) is 0 Å². The molecule has 7 heteroatoms. The minimum atomic E-state index is -0.0129. The molecule has 0 atom stereocenters. The Labute approximate surface area is 131 Å². The number of hydrogen-bond acceptors (Lipinski definition) is 4. The summed E-state index contributed by atoms with van der Waals surface area (Å²) in [7, 11) is 2.11. The Morgan fingerprint density at radius 3 is 2.86 bits per heavy atom. The van der Waals surface area contributed by atoms with Crippen molar-refractivity contribution in [1.29, 1.82) is 0 Å². The first-order valence-corrected chi connectivity index (χ1v) is 7.75. The fourth-order valence-electron chi connectivity index (χ4n) is 3.16. The van der Waals surface area contributed by atoms with Crippen LogP contribution < -0.4 is 5.56 Å². The first kappa shape index (κ1) is 13.7. The number of halogens is 1. The van der Waals surface area contributed by atoms with Gasteiger partial charge in [-0.05, 0) is 33.0 Å². The lowest BCUT2D eigenvalue weighted by Gasteiger charge is -2.30. The molecule has 1 aliphatic rings. The summed E-state index contributed by atoms with van der Waals surface area (Å²) in [5.41, 5.74) is 1.34. The summed E-state index contributed by atoms with van der Waals surface area (Å²) in [6.45, 7) is 2.00. The van der Waals surface area contributed by atoms with Crippen LogP contribution in [0.15, 0.2) is 29.3 Å². The van der Waals surface area contributed by atoms with Crippen molar-refractivity contribution in [3.05, 3.63) is 40.0 Å². The molecule has 6 nitrogen and oxygen atoms in total. The highest BCUT2D eigenvalue weighted by Crippen LogP contribution is 2.25. The molecule has 114 valence electrons. The SMILES string of the molecule is CN1CCC(n2cc3c(Cl)nc4ccnn4c3cc2=O)CC1. The molecular formula is C15H16ClN5O. The Hall–Kier alpha value is -1.92. The molecule has 22 heavy (non-hydrogen) atoms. The molecule has 0 aliphatic carbocycles. The van der Waals surface area contributed by atoms with Gasteiger partial charge in [-0.2, -0.15) is 5.10 Å². The minimum absolute atomic E-state index is 0.0129. The van der Waals surface area contributed by atoms with E-state index in [1.54, 1.807) is 27.4 Å². The van der Waals surface area contributed by atoms with Gasteiger partial charge in [0.15, 0.2) is 5.65 Å². The maximum Gasteiger partial charge on any atom is 0.252 e. The summed E-state index contributed by atoms with van der Waals surface area (Å²) in [6, 6.07) is 3.60. The molecule has 0 aromatic carbocycles. The molecule has 0 amide bonds. The van der Waals surface area contributed by atoms with E-state index >= 15 is 0 Å². The van der Waals surface area contributed by atoms with Crippen LogP contribution in [0.3, 0.4) is 0 Å². The number of likely N-dealkylation sites (tertiary alicyclic amines) is 1. The lowest BCUT2D eigenvalue weighted by Crippen LogP contribution is -2.35. The number of pyridine rings is 1. The third-order valence-corrected chi connectivity index (χ3v) is 4.71. The van der Waals surface area contributed by atoms with Crippen LogP contribution in [0.25, 0.3) is 16.6 Å². The van der Waals surface area contributed by atoms with Gasteiger partial charge in [-0.15, -0.1) is 0 Å². The highest BCUT2D eigenvalue weighted by atomic mass is 35.5. The van der Waals surface area contributed by atoms with Crippen LogP contribution >= 0.6 is 11.6 Å². The second kappa shape index (κ2) is 5.07. The van der Waals surface area contributed by atoms with Crippen LogP contribution in [0.4, 0.5) is 0 Å². The Morgan fingerprint density at radius 2 is 2.09 bits per heavy atom. The lowest BCUT2D eigenvalue weighted by atomic mass is 10.1. The highest BCUT2D eigenvalue weighted by Gasteiger charge is 2.20. The fourth-order valence-corrected chi connectivity index (χ4v) is 3.39.